The van der Waals surface area contributed by atoms with Crippen molar-refractivity contribution in [1.82, 2.24) is 0 Å². The number of rotatable bonds is 2. The Kier molecular flexibility index (Phi) is 3.53. The fraction of sp³-hybridized carbons (Fsp3) is 0.538. The fourth-order valence-corrected chi connectivity index (χ4v) is 1.48. The minimum Gasteiger partial charge on any atom is -0.387 e. The summed E-state index contributed by atoms with van der Waals surface area (Å²) >= 11 is 0. The topological polar surface area (TPSA) is 46.2 Å². The van der Waals surface area contributed by atoms with E-state index in [1.165, 1.54) is 5.56 Å². The minimum absolute atomic E-state index is 0.151. The predicted molar refractivity (Wildman–Crippen MR) is 63.8 cm³/mol. The van der Waals surface area contributed by atoms with Crippen molar-refractivity contribution in [3.63, 3.8) is 0 Å². The molecule has 0 unspecified atom stereocenters. The van der Waals surface area contributed by atoms with Gasteiger partial charge in [0, 0.05) is 6.04 Å². The number of aliphatic hydroxyl groups excluding tert-OH is 1. The quantitative estimate of drug-likeness (QED) is 0.782. The summed E-state index contributed by atoms with van der Waals surface area (Å²) < 4.78 is 0. The average Bonchev–Trinajstić information content (AvgIpc) is 2.15. The van der Waals surface area contributed by atoms with Crippen LogP contribution < -0.4 is 5.73 Å². The van der Waals surface area contributed by atoms with Crippen molar-refractivity contribution < 1.29 is 5.11 Å². The van der Waals surface area contributed by atoms with Gasteiger partial charge in [-0.1, -0.05) is 45.0 Å². The summed E-state index contributed by atoms with van der Waals surface area (Å²) in [7, 11) is 0. The molecule has 2 atom stereocenters. The minimum atomic E-state index is -0.570. The highest BCUT2D eigenvalue weighted by Gasteiger charge is 2.15. The Morgan fingerprint density at radius 3 is 1.93 bits per heavy atom. The molecule has 0 bridgehead atoms. The SMILES string of the molecule is C[C@H](N)[C@H](O)c1ccc(C(C)(C)C)cc1. The Morgan fingerprint density at radius 1 is 1.13 bits per heavy atom. The number of aliphatic hydroxyl groups is 1. The fourth-order valence-electron chi connectivity index (χ4n) is 1.48. The van der Waals surface area contributed by atoms with E-state index in [9.17, 15) is 5.11 Å². The molecule has 0 spiro atoms. The molecule has 2 heteroatoms. The lowest BCUT2D eigenvalue weighted by Crippen LogP contribution is -2.24. The van der Waals surface area contributed by atoms with Gasteiger partial charge in [0.25, 0.3) is 0 Å². The molecule has 0 heterocycles. The van der Waals surface area contributed by atoms with Crippen molar-refractivity contribution in [2.75, 3.05) is 0 Å². The van der Waals surface area contributed by atoms with Gasteiger partial charge >= 0.3 is 0 Å². The molecule has 0 fully saturated rings. The van der Waals surface area contributed by atoms with Crippen LogP contribution in [0.25, 0.3) is 0 Å². The smallest absolute Gasteiger partial charge is 0.0938 e. The van der Waals surface area contributed by atoms with Crippen molar-refractivity contribution in [2.24, 2.45) is 5.73 Å². The zero-order chi connectivity index (χ0) is 11.6. The van der Waals surface area contributed by atoms with E-state index in [1.807, 2.05) is 19.1 Å². The van der Waals surface area contributed by atoms with Gasteiger partial charge in [-0.25, -0.2) is 0 Å². The van der Waals surface area contributed by atoms with Gasteiger partial charge in [0.05, 0.1) is 6.10 Å². The van der Waals surface area contributed by atoms with E-state index in [0.29, 0.717) is 0 Å². The third-order valence-corrected chi connectivity index (χ3v) is 2.62. The first kappa shape index (κ1) is 12.2. The molecular formula is C13H21NO. The van der Waals surface area contributed by atoms with Gasteiger partial charge < -0.3 is 10.8 Å². The van der Waals surface area contributed by atoms with Gasteiger partial charge in [0.15, 0.2) is 0 Å². The van der Waals surface area contributed by atoms with E-state index < -0.39 is 6.10 Å². The molecule has 3 N–H and O–H groups in total. The number of hydrogen-bond donors (Lipinski definition) is 2. The van der Waals surface area contributed by atoms with E-state index in [0.717, 1.165) is 5.56 Å². The molecule has 1 aromatic carbocycles. The number of nitrogens with two attached hydrogens (primary N) is 1. The molecule has 0 saturated heterocycles. The zero-order valence-electron chi connectivity index (χ0n) is 9.99. The van der Waals surface area contributed by atoms with Crippen molar-refractivity contribution in [2.45, 2.75) is 45.3 Å². The summed E-state index contributed by atoms with van der Waals surface area (Å²) in [5, 5.41) is 9.77. The maximum Gasteiger partial charge on any atom is 0.0938 e. The van der Waals surface area contributed by atoms with Gasteiger partial charge in [-0.15, -0.1) is 0 Å². The van der Waals surface area contributed by atoms with Crippen LogP contribution in [0.15, 0.2) is 24.3 Å². The second-order valence-corrected chi connectivity index (χ2v) is 5.18. The first-order valence-electron chi connectivity index (χ1n) is 5.36. The first-order valence-corrected chi connectivity index (χ1v) is 5.36. The Balaban J connectivity index is 2.91. The number of hydrogen-bond acceptors (Lipinski definition) is 2. The van der Waals surface area contributed by atoms with Crippen LogP contribution in [0.2, 0.25) is 0 Å². The van der Waals surface area contributed by atoms with Crippen LogP contribution in [-0.2, 0) is 5.41 Å². The molecule has 0 saturated carbocycles. The van der Waals surface area contributed by atoms with E-state index in [1.54, 1.807) is 0 Å². The lowest BCUT2D eigenvalue weighted by Gasteiger charge is -2.21. The lowest BCUT2D eigenvalue weighted by atomic mass is 9.86. The van der Waals surface area contributed by atoms with Crippen LogP contribution >= 0.6 is 0 Å². The Bertz CT molecular complexity index is 308. The van der Waals surface area contributed by atoms with Crippen LogP contribution in [-0.4, -0.2) is 11.1 Å². The summed E-state index contributed by atoms with van der Waals surface area (Å²) in [4.78, 5) is 0. The second kappa shape index (κ2) is 4.33. The molecule has 0 aliphatic carbocycles. The lowest BCUT2D eigenvalue weighted by molar-refractivity contribution is 0.153. The van der Waals surface area contributed by atoms with Crippen molar-refractivity contribution in [3.05, 3.63) is 35.4 Å². The van der Waals surface area contributed by atoms with Crippen molar-refractivity contribution in [1.29, 1.82) is 0 Å². The van der Waals surface area contributed by atoms with Gasteiger partial charge in [-0.3, -0.25) is 0 Å². The molecule has 84 valence electrons. The van der Waals surface area contributed by atoms with Crippen LogP contribution in [0.3, 0.4) is 0 Å². The highest BCUT2D eigenvalue weighted by molar-refractivity contribution is 5.29. The molecular weight excluding hydrogens is 186 g/mol. The van der Waals surface area contributed by atoms with Crippen molar-refractivity contribution >= 4 is 0 Å². The maximum atomic E-state index is 9.77. The Hall–Kier alpha value is -0.860. The molecule has 15 heavy (non-hydrogen) atoms. The summed E-state index contributed by atoms with van der Waals surface area (Å²) in [5.74, 6) is 0. The standard InChI is InChI=1S/C13H21NO/c1-9(14)12(15)10-5-7-11(8-6-10)13(2,3)4/h5-9,12,15H,14H2,1-4H3/t9-,12-/m0/s1. The van der Waals surface area contributed by atoms with Crippen LogP contribution in [0.1, 0.15) is 44.9 Å². The summed E-state index contributed by atoms with van der Waals surface area (Å²) in [6.07, 6.45) is -0.570. The molecule has 0 aromatic heterocycles. The van der Waals surface area contributed by atoms with Crippen LogP contribution in [0, 0.1) is 0 Å². The summed E-state index contributed by atoms with van der Waals surface area (Å²) in [5.41, 5.74) is 7.95. The highest BCUT2D eigenvalue weighted by Crippen LogP contribution is 2.24. The third kappa shape index (κ3) is 3.05. The normalized spacial score (nSPS) is 16.1. The van der Waals surface area contributed by atoms with Crippen molar-refractivity contribution in [3.8, 4) is 0 Å². The van der Waals surface area contributed by atoms with E-state index in [2.05, 4.69) is 32.9 Å². The number of benzene rings is 1. The molecule has 0 amide bonds. The predicted octanol–water partition coefficient (Wildman–Crippen LogP) is 2.36. The molecule has 1 rings (SSSR count). The third-order valence-electron chi connectivity index (χ3n) is 2.62. The van der Waals surface area contributed by atoms with Crippen LogP contribution in [0.5, 0.6) is 0 Å². The summed E-state index contributed by atoms with van der Waals surface area (Å²) in [6, 6.07) is 7.79. The van der Waals surface area contributed by atoms with Gasteiger partial charge in [0.2, 0.25) is 0 Å². The second-order valence-electron chi connectivity index (χ2n) is 5.18. The zero-order valence-corrected chi connectivity index (χ0v) is 9.99. The summed E-state index contributed by atoms with van der Waals surface area (Å²) in [6.45, 7) is 8.32. The van der Waals surface area contributed by atoms with E-state index >= 15 is 0 Å². The molecule has 1 aromatic rings. The van der Waals surface area contributed by atoms with Gasteiger partial charge in [-0.2, -0.15) is 0 Å². The first-order chi connectivity index (χ1) is 6.82. The molecule has 0 aliphatic heterocycles. The molecule has 0 aliphatic rings. The molecule has 0 radical (unpaired) electrons. The van der Waals surface area contributed by atoms with Crippen LogP contribution in [0.4, 0.5) is 0 Å². The molecule has 2 nitrogen and oxygen atoms in total. The van der Waals surface area contributed by atoms with Gasteiger partial charge in [-0.05, 0) is 23.5 Å². The van der Waals surface area contributed by atoms with E-state index in [4.69, 9.17) is 5.73 Å². The highest BCUT2D eigenvalue weighted by atomic mass is 16.3. The largest absolute Gasteiger partial charge is 0.387 e. The monoisotopic (exact) mass is 207 g/mol. The Labute approximate surface area is 92.1 Å². The maximum absolute atomic E-state index is 9.77. The van der Waals surface area contributed by atoms with E-state index in [-0.39, 0.29) is 11.5 Å². The average molecular weight is 207 g/mol. The Morgan fingerprint density at radius 2 is 1.60 bits per heavy atom. The van der Waals surface area contributed by atoms with Gasteiger partial charge in [0.1, 0.15) is 0 Å².